The van der Waals surface area contributed by atoms with Crippen LogP contribution < -0.4 is 0 Å². The van der Waals surface area contributed by atoms with Crippen molar-refractivity contribution in [2.45, 2.75) is 264 Å². The molecule has 3 heteroatoms. The minimum absolute atomic E-state index is 1.03. The fourth-order valence-corrected chi connectivity index (χ4v) is 9.87. The van der Waals surface area contributed by atoms with Crippen LogP contribution in [0.2, 0.25) is 10.8 Å². The van der Waals surface area contributed by atoms with Crippen LogP contribution in [0.25, 0.3) is 16.9 Å². The molecule has 60 heavy (non-hydrogen) atoms. The third-order valence-corrected chi connectivity index (χ3v) is 13.8. The molecule has 0 aromatic heterocycles. The molecule has 0 atom stereocenters. The molecule has 2 nitrogen and oxygen atoms in total. The van der Waals surface area contributed by atoms with E-state index in [0.29, 0.717) is 0 Å². The van der Waals surface area contributed by atoms with Gasteiger partial charge in [0.25, 0.3) is 0 Å². The summed E-state index contributed by atoms with van der Waals surface area (Å²) in [4.78, 5) is 0. The molecule has 0 spiro atoms. The first-order valence-corrected chi connectivity index (χ1v) is 27.5. The van der Waals surface area contributed by atoms with Crippen molar-refractivity contribution in [3.05, 3.63) is 87.5 Å². The Hall–Kier alpha value is -1.99. The van der Waals surface area contributed by atoms with Gasteiger partial charge in [0.1, 0.15) is 0 Å². The average molecular weight is 868 g/mol. The third kappa shape index (κ3) is 23.5. The van der Waals surface area contributed by atoms with E-state index in [4.69, 9.17) is 0 Å². The Morgan fingerprint density at radius 1 is 0.367 bits per heavy atom. The number of aryl methyl sites for hydroxylation is 2. The topological polar surface area (TPSA) is 25.3 Å². The zero-order valence-corrected chi connectivity index (χ0v) is 41.6. The Labute approximate surface area is 380 Å². The molecule has 0 fully saturated rings. The standard InChI is InChI=1S/C41H62N2.2C8H17.Ni/c1-5-9-13-14-15-16-17-21-31-39-38(30-20-12-8-4)40(36-28-22-26-34(32-36)24-18-10-6-2)43(42)41(39)37-29-23-27-35(33-37)25-19-11-7-3;2*1-3-5-7-8-6-4-2;/h22-23,26-29,32-33H,5-21,24-25,30-31H2,1-4H3;2*1,3-8H2,2H3;. The van der Waals surface area contributed by atoms with Crippen molar-refractivity contribution in [3.63, 3.8) is 0 Å². The summed E-state index contributed by atoms with van der Waals surface area (Å²) in [6.45, 7) is 13.7. The quantitative estimate of drug-likeness (QED) is 0.0367. The molecule has 0 aliphatic carbocycles. The SMILES string of the molecule is CCCCCCCCCCC1=C(c2cccc(CCCCC)c2)[N+](=[N-])C(c2cccc(CCCCC)c2)=C1CCCCC.CCCCCCC[CH2][Ni][CH2]CCCCCCC. The van der Waals surface area contributed by atoms with Crippen LogP contribution in [-0.2, 0) is 27.3 Å². The van der Waals surface area contributed by atoms with E-state index in [2.05, 4.69) is 90.1 Å². The van der Waals surface area contributed by atoms with E-state index in [1.54, 1.807) is 4.70 Å². The van der Waals surface area contributed by atoms with Gasteiger partial charge in [0, 0.05) is 22.3 Å². The van der Waals surface area contributed by atoms with Crippen molar-refractivity contribution in [1.29, 1.82) is 0 Å². The van der Waals surface area contributed by atoms with E-state index in [1.165, 1.54) is 230 Å². The van der Waals surface area contributed by atoms with Crippen molar-refractivity contribution in [2.75, 3.05) is 0 Å². The van der Waals surface area contributed by atoms with Crippen molar-refractivity contribution in [3.8, 4) is 0 Å². The van der Waals surface area contributed by atoms with E-state index >= 15 is 0 Å². The Balaban J connectivity index is 0.000000614. The summed E-state index contributed by atoms with van der Waals surface area (Å²) in [7, 11) is 0. The Kier molecular flexibility index (Phi) is 33.9. The van der Waals surface area contributed by atoms with Crippen LogP contribution >= 0.6 is 0 Å². The van der Waals surface area contributed by atoms with Gasteiger partial charge in [-0.2, -0.15) is 0 Å². The molecule has 344 valence electrons. The van der Waals surface area contributed by atoms with Gasteiger partial charge in [0.15, 0.2) is 0 Å². The van der Waals surface area contributed by atoms with Crippen LogP contribution in [0.15, 0.2) is 59.7 Å². The summed E-state index contributed by atoms with van der Waals surface area (Å²) in [5.74, 6) is 0. The van der Waals surface area contributed by atoms with Crippen molar-refractivity contribution in [1.82, 2.24) is 0 Å². The van der Waals surface area contributed by atoms with Crippen LogP contribution in [0, 0.1) is 0 Å². The zero-order chi connectivity index (χ0) is 43.3. The molecule has 0 saturated carbocycles. The maximum atomic E-state index is 12.1. The minimum atomic E-state index is 1.03. The summed E-state index contributed by atoms with van der Waals surface area (Å²) >= 11 is 2.01. The molecule has 1 aliphatic rings. The molecule has 0 bridgehead atoms. The predicted octanol–water partition coefficient (Wildman–Crippen LogP) is 20.1. The van der Waals surface area contributed by atoms with E-state index < -0.39 is 0 Å². The summed E-state index contributed by atoms with van der Waals surface area (Å²) in [6.07, 6.45) is 43.3. The molecular formula is C57H96N2Ni. The van der Waals surface area contributed by atoms with Gasteiger partial charge in [-0.05, 0) is 86.8 Å². The van der Waals surface area contributed by atoms with Crippen LogP contribution in [0.5, 0.6) is 0 Å². The number of hydrogen-bond donors (Lipinski definition) is 0. The number of hydrogen-bond acceptors (Lipinski definition) is 0. The van der Waals surface area contributed by atoms with Crippen molar-refractivity contribution in [2.24, 2.45) is 0 Å². The van der Waals surface area contributed by atoms with E-state index in [0.717, 1.165) is 37.1 Å². The van der Waals surface area contributed by atoms with Gasteiger partial charge in [0.2, 0.25) is 11.4 Å². The number of unbranched alkanes of at least 4 members (excludes halogenated alkanes) is 23. The molecule has 2 aromatic rings. The molecule has 0 amide bonds. The number of allylic oxidation sites excluding steroid dienone is 2. The normalized spacial score (nSPS) is 12.9. The Bertz CT molecular complexity index is 1400. The molecule has 0 N–H and O–H groups in total. The molecule has 2 aromatic carbocycles. The van der Waals surface area contributed by atoms with Crippen LogP contribution in [0.1, 0.15) is 263 Å². The van der Waals surface area contributed by atoms with Gasteiger partial charge in [-0.3, -0.25) is 0 Å². The first kappa shape index (κ1) is 54.1. The van der Waals surface area contributed by atoms with E-state index in [-0.39, 0.29) is 0 Å². The third-order valence-electron chi connectivity index (χ3n) is 12.4. The fourth-order valence-electron chi connectivity index (χ4n) is 8.63. The predicted molar refractivity (Wildman–Crippen MR) is 265 cm³/mol. The monoisotopic (exact) mass is 867 g/mol. The molecular weight excluding hydrogens is 771 g/mol. The Morgan fingerprint density at radius 3 is 1.05 bits per heavy atom. The second kappa shape index (κ2) is 37.6. The van der Waals surface area contributed by atoms with Crippen molar-refractivity contribution < 1.29 is 19.1 Å². The van der Waals surface area contributed by atoms with Gasteiger partial charge in [-0.25, -0.2) is 4.70 Å². The summed E-state index contributed by atoms with van der Waals surface area (Å²) in [5.41, 5.74) is 22.1. The van der Waals surface area contributed by atoms with E-state index in [9.17, 15) is 5.53 Å². The van der Waals surface area contributed by atoms with Gasteiger partial charge in [-0.1, -0.05) is 135 Å². The second-order valence-corrected chi connectivity index (χ2v) is 19.5. The first-order chi connectivity index (χ1) is 29.6. The van der Waals surface area contributed by atoms with Crippen LogP contribution in [0.4, 0.5) is 0 Å². The molecule has 3 rings (SSSR count). The second-order valence-electron chi connectivity index (χ2n) is 18.0. The number of benzene rings is 2. The molecule has 1 heterocycles. The van der Waals surface area contributed by atoms with Gasteiger partial charge < -0.3 is 5.53 Å². The zero-order valence-electron chi connectivity index (χ0n) is 40.6. The summed E-state index contributed by atoms with van der Waals surface area (Å²) in [5, 5.41) is 2.85. The van der Waals surface area contributed by atoms with E-state index in [1.807, 2.05) is 14.4 Å². The molecule has 0 radical (unpaired) electrons. The number of rotatable bonds is 37. The van der Waals surface area contributed by atoms with Crippen molar-refractivity contribution >= 4 is 11.4 Å². The van der Waals surface area contributed by atoms with Crippen LogP contribution in [0.3, 0.4) is 0 Å². The maximum absolute atomic E-state index is 12.1. The first-order valence-electron chi connectivity index (χ1n) is 26.1. The molecule has 1 aliphatic heterocycles. The van der Waals surface area contributed by atoms with Crippen LogP contribution in [-0.4, -0.2) is 4.70 Å². The fraction of sp³-hybridized carbons (Fsp3) is 0.719. The summed E-state index contributed by atoms with van der Waals surface area (Å²) < 4.78 is 1.59. The molecule has 0 unspecified atom stereocenters. The average Bonchev–Trinajstić information content (AvgIpc) is 3.54. The van der Waals surface area contributed by atoms with Gasteiger partial charge in [-0.15, -0.1) is 0 Å². The van der Waals surface area contributed by atoms with Gasteiger partial charge >= 0.3 is 116 Å². The summed E-state index contributed by atoms with van der Waals surface area (Å²) in [6, 6.07) is 18.1. The Morgan fingerprint density at radius 2 is 0.667 bits per heavy atom. The molecule has 0 saturated heterocycles. The van der Waals surface area contributed by atoms with Gasteiger partial charge in [0.05, 0.1) is 0 Å². The number of nitrogens with zero attached hydrogens (tertiary/aromatic N) is 2.